The smallest absolute Gasteiger partial charge is 0.228 e. The first-order valence-electron chi connectivity index (χ1n) is 11.8. The highest BCUT2D eigenvalue weighted by Crippen LogP contribution is 2.29. The number of rotatable bonds is 5. The maximum atomic E-state index is 13.2. The summed E-state index contributed by atoms with van der Waals surface area (Å²) in [4.78, 5) is 33.9. The Morgan fingerprint density at radius 3 is 2.59 bits per heavy atom. The van der Waals surface area contributed by atoms with Gasteiger partial charge in [-0.15, -0.1) is 5.10 Å². The molecule has 3 aliphatic heterocycles. The molecule has 0 bridgehead atoms. The largest absolute Gasteiger partial charge is 0.497 e. The van der Waals surface area contributed by atoms with Gasteiger partial charge in [0.1, 0.15) is 5.75 Å². The molecule has 180 valence electrons. The molecule has 5 rings (SSSR count). The van der Waals surface area contributed by atoms with Gasteiger partial charge in [-0.3, -0.25) is 9.59 Å². The van der Waals surface area contributed by atoms with Crippen LogP contribution in [0.1, 0.15) is 6.42 Å². The van der Waals surface area contributed by atoms with Gasteiger partial charge in [0.05, 0.1) is 38.1 Å². The number of methoxy groups -OCH3 is 1. The van der Waals surface area contributed by atoms with E-state index in [2.05, 4.69) is 26.1 Å². The van der Waals surface area contributed by atoms with Crippen molar-refractivity contribution in [1.82, 2.24) is 15.1 Å². The molecule has 1 unspecified atom stereocenters. The quantitative estimate of drug-likeness (QED) is 0.645. The van der Waals surface area contributed by atoms with Crippen LogP contribution in [0.15, 0.2) is 36.5 Å². The molecule has 2 aromatic rings. The minimum atomic E-state index is -0.319. The van der Waals surface area contributed by atoms with Gasteiger partial charge in [0.25, 0.3) is 0 Å². The van der Waals surface area contributed by atoms with E-state index in [0.717, 1.165) is 43.4 Å². The van der Waals surface area contributed by atoms with E-state index in [4.69, 9.17) is 9.47 Å². The normalized spacial score (nSPS) is 21.2. The number of morpholine rings is 1. The average molecular weight is 467 g/mol. The van der Waals surface area contributed by atoms with Crippen LogP contribution < -0.4 is 19.4 Å². The van der Waals surface area contributed by atoms with E-state index in [0.29, 0.717) is 38.6 Å². The van der Waals surface area contributed by atoms with Crippen molar-refractivity contribution in [3.8, 4) is 5.75 Å². The van der Waals surface area contributed by atoms with Crippen LogP contribution in [0.5, 0.6) is 5.75 Å². The fraction of sp³-hybridized carbons (Fsp3) is 0.500. The van der Waals surface area contributed by atoms with Crippen molar-refractivity contribution in [2.75, 3.05) is 80.8 Å². The zero-order valence-corrected chi connectivity index (χ0v) is 19.4. The Morgan fingerprint density at radius 1 is 1.03 bits per heavy atom. The number of piperazine rings is 1. The Morgan fingerprint density at radius 2 is 1.82 bits per heavy atom. The van der Waals surface area contributed by atoms with Crippen LogP contribution in [-0.2, 0) is 14.3 Å². The number of benzene rings is 1. The number of carbonyl (C=O) groups excluding carboxylic acids is 2. The monoisotopic (exact) mass is 466 g/mol. The van der Waals surface area contributed by atoms with Gasteiger partial charge in [-0.25, -0.2) is 0 Å². The maximum Gasteiger partial charge on any atom is 0.228 e. The third kappa shape index (κ3) is 4.63. The number of amides is 2. The standard InChI is InChI=1S/C24H30N6O4/c1-33-21-4-2-3-19(14-21)30-17-18(13-23(30)31)24(32)29-7-5-27(6-8-29)20-15-22(26-25-16-20)28-9-11-34-12-10-28/h2-4,14-16,18H,5-13,17H2,1H3. The number of nitrogens with zero attached hydrogens (tertiary/aromatic N) is 6. The van der Waals surface area contributed by atoms with Gasteiger partial charge in [0.2, 0.25) is 11.8 Å². The number of hydrogen-bond donors (Lipinski definition) is 0. The lowest BCUT2D eigenvalue weighted by Crippen LogP contribution is -2.50. The predicted octanol–water partition coefficient (Wildman–Crippen LogP) is 1.02. The lowest BCUT2D eigenvalue weighted by Gasteiger charge is -2.37. The first-order chi connectivity index (χ1) is 16.6. The molecule has 3 fully saturated rings. The Balaban J connectivity index is 1.18. The van der Waals surface area contributed by atoms with Gasteiger partial charge >= 0.3 is 0 Å². The topological polar surface area (TPSA) is 91.3 Å². The van der Waals surface area contributed by atoms with Crippen LogP contribution >= 0.6 is 0 Å². The summed E-state index contributed by atoms with van der Waals surface area (Å²) in [5, 5.41) is 8.49. The van der Waals surface area contributed by atoms with Crippen molar-refractivity contribution in [2.45, 2.75) is 6.42 Å². The van der Waals surface area contributed by atoms with E-state index in [1.807, 2.05) is 29.2 Å². The van der Waals surface area contributed by atoms with Crippen molar-refractivity contribution < 1.29 is 19.1 Å². The minimum absolute atomic E-state index is 0.0243. The number of hydrogen-bond acceptors (Lipinski definition) is 8. The Hall–Kier alpha value is -3.40. The van der Waals surface area contributed by atoms with Gasteiger partial charge in [-0.05, 0) is 12.1 Å². The molecule has 10 nitrogen and oxygen atoms in total. The van der Waals surface area contributed by atoms with E-state index in [1.165, 1.54) is 0 Å². The SMILES string of the molecule is COc1cccc(N2CC(C(=O)N3CCN(c4cnnc(N5CCOCC5)c4)CC3)CC2=O)c1. The second kappa shape index (κ2) is 9.84. The number of carbonyl (C=O) groups is 2. The van der Waals surface area contributed by atoms with Crippen LogP contribution in [0.2, 0.25) is 0 Å². The number of ether oxygens (including phenoxy) is 2. The van der Waals surface area contributed by atoms with Crippen LogP contribution in [0.25, 0.3) is 0 Å². The van der Waals surface area contributed by atoms with Crippen LogP contribution in [0, 0.1) is 5.92 Å². The molecule has 4 heterocycles. The van der Waals surface area contributed by atoms with E-state index in [1.54, 1.807) is 18.2 Å². The molecule has 1 aromatic carbocycles. The average Bonchev–Trinajstić information content (AvgIpc) is 3.30. The summed E-state index contributed by atoms with van der Waals surface area (Å²) in [6, 6.07) is 9.47. The van der Waals surface area contributed by atoms with Crippen molar-refractivity contribution in [3.05, 3.63) is 36.5 Å². The summed E-state index contributed by atoms with van der Waals surface area (Å²) in [5.74, 6) is 1.27. The summed E-state index contributed by atoms with van der Waals surface area (Å²) in [7, 11) is 1.60. The van der Waals surface area contributed by atoms with Crippen molar-refractivity contribution in [1.29, 1.82) is 0 Å². The number of anilines is 3. The van der Waals surface area contributed by atoms with Gasteiger partial charge in [-0.1, -0.05) is 6.07 Å². The van der Waals surface area contributed by atoms with E-state index in [-0.39, 0.29) is 24.2 Å². The molecule has 2 amide bonds. The highest BCUT2D eigenvalue weighted by Gasteiger charge is 2.38. The zero-order valence-electron chi connectivity index (χ0n) is 19.4. The third-order valence-electron chi connectivity index (χ3n) is 6.76. The van der Waals surface area contributed by atoms with Crippen LogP contribution in [-0.4, -0.2) is 93.0 Å². The Bertz CT molecular complexity index is 1040. The van der Waals surface area contributed by atoms with Gasteiger partial charge in [-0.2, -0.15) is 5.10 Å². The first kappa shape index (κ1) is 22.4. The van der Waals surface area contributed by atoms with Crippen molar-refractivity contribution in [3.63, 3.8) is 0 Å². The third-order valence-corrected chi connectivity index (χ3v) is 6.76. The van der Waals surface area contributed by atoms with Crippen molar-refractivity contribution in [2.24, 2.45) is 5.92 Å². The minimum Gasteiger partial charge on any atom is -0.497 e. The van der Waals surface area contributed by atoms with Gasteiger partial charge in [0.15, 0.2) is 5.82 Å². The molecule has 0 aliphatic carbocycles. The molecule has 1 aromatic heterocycles. The fourth-order valence-corrected chi connectivity index (χ4v) is 4.81. The summed E-state index contributed by atoms with van der Waals surface area (Å²) in [6.45, 7) is 6.12. The summed E-state index contributed by atoms with van der Waals surface area (Å²) in [5.41, 5.74) is 1.79. The molecular weight excluding hydrogens is 436 g/mol. The second-order valence-corrected chi connectivity index (χ2v) is 8.79. The van der Waals surface area contributed by atoms with E-state index in [9.17, 15) is 9.59 Å². The highest BCUT2D eigenvalue weighted by atomic mass is 16.5. The zero-order chi connectivity index (χ0) is 23.5. The Labute approximate surface area is 199 Å². The van der Waals surface area contributed by atoms with Crippen LogP contribution in [0.3, 0.4) is 0 Å². The summed E-state index contributed by atoms with van der Waals surface area (Å²) in [6.07, 6.45) is 2.02. The molecule has 3 aliphatic rings. The molecular formula is C24H30N6O4. The van der Waals surface area contributed by atoms with E-state index < -0.39 is 0 Å². The number of aromatic nitrogens is 2. The van der Waals surface area contributed by atoms with Crippen molar-refractivity contribution >= 4 is 29.0 Å². The van der Waals surface area contributed by atoms with E-state index >= 15 is 0 Å². The first-order valence-corrected chi connectivity index (χ1v) is 11.8. The molecule has 0 N–H and O–H groups in total. The second-order valence-electron chi connectivity index (χ2n) is 8.79. The lowest BCUT2D eigenvalue weighted by atomic mass is 10.1. The summed E-state index contributed by atoms with van der Waals surface area (Å²) >= 11 is 0. The fourth-order valence-electron chi connectivity index (χ4n) is 4.81. The Kier molecular flexibility index (Phi) is 6.48. The molecule has 3 saturated heterocycles. The van der Waals surface area contributed by atoms with Crippen LogP contribution in [0.4, 0.5) is 17.2 Å². The molecule has 1 atom stereocenters. The molecule has 0 spiro atoms. The molecule has 10 heteroatoms. The lowest BCUT2D eigenvalue weighted by molar-refractivity contribution is -0.136. The predicted molar refractivity (Wildman–Crippen MR) is 127 cm³/mol. The summed E-state index contributed by atoms with van der Waals surface area (Å²) < 4.78 is 10.7. The molecule has 0 saturated carbocycles. The molecule has 34 heavy (non-hydrogen) atoms. The molecule has 0 radical (unpaired) electrons. The van der Waals surface area contributed by atoms with Gasteiger partial charge < -0.3 is 29.1 Å². The van der Waals surface area contributed by atoms with Gasteiger partial charge in [0, 0.05) is 70.1 Å². The highest BCUT2D eigenvalue weighted by molar-refractivity contribution is 6.00. The maximum absolute atomic E-state index is 13.2.